The highest BCUT2D eigenvalue weighted by atomic mass is 16.2. The van der Waals surface area contributed by atoms with Crippen LogP contribution in [0.1, 0.15) is 64.1 Å². The van der Waals surface area contributed by atoms with E-state index < -0.39 is 0 Å². The van der Waals surface area contributed by atoms with Crippen LogP contribution in [-0.4, -0.2) is 45.3 Å². The summed E-state index contributed by atoms with van der Waals surface area (Å²) >= 11 is 0. The lowest BCUT2D eigenvalue weighted by Crippen LogP contribution is -2.47. The molecule has 0 radical (unpaired) electrons. The number of nitrogens with zero attached hydrogens (tertiary/aromatic N) is 3. The van der Waals surface area contributed by atoms with Crippen LogP contribution in [0, 0.1) is 0 Å². The summed E-state index contributed by atoms with van der Waals surface area (Å²) in [5.41, 5.74) is 2.10. The van der Waals surface area contributed by atoms with Crippen molar-refractivity contribution in [2.45, 2.75) is 65.5 Å². The standard InChI is InChI=1S/C25H37N3O2/c1-6-8-17-27(18-22-15-12-16-26(22)5)24(29)19-28(20(3)4)25(30)23(7-2)21-13-10-9-11-14-21/h9-16,20,23H,6-8,17-19H2,1-5H3/t23-/m1/s1. The first-order chi connectivity index (χ1) is 14.4. The lowest BCUT2D eigenvalue weighted by Gasteiger charge is -2.32. The number of amides is 2. The first kappa shape index (κ1) is 23.7. The minimum atomic E-state index is -0.224. The van der Waals surface area contributed by atoms with Crippen LogP contribution in [0.4, 0.5) is 0 Å². The Hall–Kier alpha value is -2.56. The zero-order valence-corrected chi connectivity index (χ0v) is 19.2. The summed E-state index contributed by atoms with van der Waals surface area (Å²) in [7, 11) is 1.99. The summed E-state index contributed by atoms with van der Waals surface area (Å²) in [4.78, 5) is 30.3. The van der Waals surface area contributed by atoms with Gasteiger partial charge in [-0.05, 0) is 44.4 Å². The summed E-state index contributed by atoms with van der Waals surface area (Å²) in [6.07, 6.45) is 4.68. The van der Waals surface area contributed by atoms with Gasteiger partial charge in [0.1, 0.15) is 6.54 Å². The van der Waals surface area contributed by atoms with Gasteiger partial charge in [0.15, 0.2) is 0 Å². The van der Waals surface area contributed by atoms with E-state index in [1.807, 2.05) is 85.9 Å². The minimum absolute atomic E-state index is 0.00890. The average molecular weight is 412 g/mol. The second-order valence-electron chi connectivity index (χ2n) is 8.21. The SMILES string of the molecule is CCCCN(Cc1cccn1C)C(=O)CN(C(=O)[C@H](CC)c1ccccc1)C(C)C. The molecule has 2 rings (SSSR count). The van der Waals surface area contributed by atoms with Crippen LogP contribution in [0.25, 0.3) is 0 Å². The van der Waals surface area contributed by atoms with Crippen LogP contribution in [0.5, 0.6) is 0 Å². The molecule has 1 atom stereocenters. The van der Waals surface area contributed by atoms with Gasteiger partial charge in [0.2, 0.25) is 11.8 Å². The highest BCUT2D eigenvalue weighted by Crippen LogP contribution is 2.23. The Morgan fingerprint density at radius 3 is 2.27 bits per heavy atom. The number of carbonyl (C=O) groups excluding carboxylic acids is 2. The molecule has 0 aliphatic rings. The fourth-order valence-corrected chi connectivity index (χ4v) is 3.70. The van der Waals surface area contributed by atoms with Crippen LogP contribution in [0.2, 0.25) is 0 Å². The van der Waals surface area contributed by atoms with E-state index in [4.69, 9.17) is 0 Å². The third-order valence-electron chi connectivity index (χ3n) is 5.66. The van der Waals surface area contributed by atoms with Gasteiger partial charge in [-0.25, -0.2) is 0 Å². The van der Waals surface area contributed by atoms with Gasteiger partial charge in [-0.1, -0.05) is 50.6 Å². The van der Waals surface area contributed by atoms with Gasteiger partial charge in [0.05, 0.1) is 12.5 Å². The minimum Gasteiger partial charge on any atom is -0.353 e. The number of hydrogen-bond acceptors (Lipinski definition) is 2. The maximum atomic E-state index is 13.4. The number of aryl methyl sites for hydroxylation is 1. The first-order valence-electron chi connectivity index (χ1n) is 11.1. The van der Waals surface area contributed by atoms with Crippen LogP contribution in [0.15, 0.2) is 48.7 Å². The van der Waals surface area contributed by atoms with Gasteiger partial charge in [-0.15, -0.1) is 0 Å². The molecule has 2 aromatic rings. The normalized spacial score (nSPS) is 12.1. The molecule has 1 aromatic heterocycles. The van der Waals surface area contributed by atoms with Gasteiger partial charge in [0.25, 0.3) is 0 Å². The van der Waals surface area contributed by atoms with E-state index in [-0.39, 0.29) is 30.3 Å². The Labute approximate surface area is 181 Å². The highest BCUT2D eigenvalue weighted by molar-refractivity contribution is 5.88. The van der Waals surface area contributed by atoms with Gasteiger partial charge >= 0.3 is 0 Å². The number of unbranched alkanes of at least 4 members (excludes halogenated alkanes) is 1. The maximum Gasteiger partial charge on any atom is 0.242 e. The maximum absolute atomic E-state index is 13.4. The fraction of sp³-hybridized carbons (Fsp3) is 0.520. The lowest BCUT2D eigenvalue weighted by atomic mass is 9.94. The Kier molecular flexibility index (Phi) is 9.15. The third-order valence-corrected chi connectivity index (χ3v) is 5.66. The lowest BCUT2D eigenvalue weighted by molar-refractivity contribution is -0.143. The van der Waals surface area contributed by atoms with E-state index in [0.29, 0.717) is 19.5 Å². The molecule has 5 heteroatoms. The van der Waals surface area contributed by atoms with E-state index in [1.54, 1.807) is 4.90 Å². The third kappa shape index (κ3) is 6.22. The molecule has 0 aliphatic carbocycles. The molecule has 0 unspecified atom stereocenters. The summed E-state index contributed by atoms with van der Waals surface area (Å²) in [5, 5.41) is 0. The summed E-state index contributed by atoms with van der Waals surface area (Å²) < 4.78 is 2.04. The van der Waals surface area contributed by atoms with Crippen molar-refractivity contribution in [1.82, 2.24) is 14.4 Å². The van der Waals surface area contributed by atoms with Gasteiger partial charge < -0.3 is 14.4 Å². The first-order valence-corrected chi connectivity index (χ1v) is 11.1. The molecule has 30 heavy (non-hydrogen) atoms. The summed E-state index contributed by atoms with van der Waals surface area (Å²) in [6.45, 7) is 9.51. The van der Waals surface area contributed by atoms with Crippen molar-refractivity contribution in [3.05, 3.63) is 59.9 Å². The molecular formula is C25H37N3O2. The van der Waals surface area contributed by atoms with Crippen molar-refractivity contribution in [3.8, 4) is 0 Å². The van der Waals surface area contributed by atoms with Crippen LogP contribution in [-0.2, 0) is 23.2 Å². The second kappa shape index (κ2) is 11.6. The molecule has 0 aliphatic heterocycles. The molecule has 0 fully saturated rings. The van der Waals surface area contributed by atoms with Crippen LogP contribution < -0.4 is 0 Å². The average Bonchev–Trinajstić information content (AvgIpc) is 3.14. The molecule has 1 aromatic carbocycles. The molecular weight excluding hydrogens is 374 g/mol. The van der Waals surface area contributed by atoms with Crippen molar-refractivity contribution in [1.29, 1.82) is 0 Å². The van der Waals surface area contributed by atoms with Crippen molar-refractivity contribution in [3.63, 3.8) is 0 Å². The van der Waals surface area contributed by atoms with Gasteiger partial charge in [-0.2, -0.15) is 0 Å². The van der Waals surface area contributed by atoms with Crippen molar-refractivity contribution in [2.75, 3.05) is 13.1 Å². The predicted octanol–water partition coefficient (Wildman–Crippen LogP) is 4.58. The number of benzene rings is 1. The molecule has 0 bridgehead atoms. The number of hydrogen-bond donors (Lipinski definition) is 0. The topological polar surface area (TPSA) is 45.6 Å². The van der Waals surface area contributed by atoms with Gasteiger partial charge in [-0.3, -0.25) is 9.59 Å². The van der Waals surface area contributed by atoms with Crippen molar-refractivity contribution < 1.29 is 9.59 Å². The largest absolute Gasteiger partial charge is 0.353 e. The Morgan fingerprint density at radius 1 is 1.03 bits per heavy atom. The van der Waals surface area contributed by atoms with E-state index in [2.05, 4.69) is 6.92 Å². The molecule has 0 N–H and O–H groups in total. The zero-order chi connectivity index (χ0) is 22.1. The molecule has 0 spiro atoms. The van der Waals surface area contributed by atoms with Crippen molar-refractivity contribution in [2.24, 2.45) is 7.05 Å². The van der Waals surface area contributed by atoms with E-state index in [1.165, 1.54) is 0 Å². The fourth-order valence-electron chi connectivity index (χ4n) is 3.70. The van der Waals surface area contributed by atoms with Gasteiger partial charge in [0, 0.05) is 31.5 Å². The van der Waals surface area contributed by atoms with Crippen molar-refractivity contribution >= 4 is 11.8 Å². The second-order valence-corrected chi connectivity index (χ2v) is 8.21. The molecule has 0 saturated heterocycles. The quantitative estimate of drug-likeness (QED) is 0.543. The van der Waals surface area contributed by atoms with E-state index in [0.717, 1.165) is 24.1 Å². The molecule has 1 heterocycles. The van der Waals surface area contributed by atoms with Crippen LogP contribution in [0.3, 0.4) is 0 Å². The van der Waals surface area contributed by atoms with E-state index in [9.17, 15) is 9.59 Å². The predicted molar refractivity (Wildman–Crippen MR) is 122 cm³/mol. The monoisotopic (exact) mass is 411 g/mol. The Bertz CT molecular complexity index is 798. The molecule has 5 nitrogen and oxygen atoms in total. The number of aromatic nitrogens is 1. The van der Waals surface area contributed by atoms with E-state index >= 15 is 0 Å². The Morgan fingerprint density at radius 2 is 1.73 bits per heavy atom. The van der Waals surface area contributed by atoms with Crippen LogP contribution >= 0.6 is 0 Å². The Balaban J connectivity index is 2.18. The molecule has 0 saturated carbocycles. The zero-order valence-electron chi connectivity index (χ0n) is 19.2. The number of rotatable bonds is 11. The smallest absolute Gasteiger partial charge is 0.242 e. The summed E-state index contributed by atoms with van der Waals surface area (Å²) in [6, 6.07) is 13.9. The highest BCUT2D eigenvalue weighted by Gasteiger charge is 2.29. The number of carbonyl (C=O) groups is 2. The molecule has 2 amide bonds. The molecule has 164 valence electrons. The summed E-state index contributed by atoms with van der Waals surface area (Å²) in [5.74, 6) is -0.186.